The van der Waals surface area contributed by atoms with Crippen LogP contribution in [0.15, 0.2) is 72.3 Å². The van der Waals surface area contributed by atoms with Gasteiger partial charge in [0.1, 0.15) is 0 Å². The van der Waals surface area contributed by atoms with Crippen LogP contribution < -0.4 is 4.90 Å². The lowest BCUT2D eigenvalue weighted by Crippen LogP contribution is -2.23. The molecule has 0 spiro atoms. The van der Waals surface area contributed by atoms with Gasteiger partial charge in [-0.2, -0.15) is 0 Å². The molecule has 2 aromatic carbocycles. The number of hydrogen-bond donors (Lipinski definition) is 0. The third-order valence-electron chi connectivity index (χ3n) is 3.13. The maximum Gasteiger partial charge on any atom is 0.257 e. The fourth-order valence-electron chi connectivity index (χ4n) is 2.05. The number of carbonyl (C=O) groups is 1. The highest BCUT2D eigenvalue weighted by atomic mass is 35.5. The number of halogens is 1. The predicted molar refractivity (Wildman–Crippen MR) is 96.2 cm³/mol. The molecular formula is C18H13ClN2OS. The Balaban J connectivity index is 1.91. The lowest BCUT2D eigenvalue weighted by Gasteiger charge is -2.18. The first-order valence-corrected chi connectivity index (χ1v) is 8.22. The maximum absolute atomic E-state index is 12.7. The van der Waals surface area contributed by atoms with E-state index in [2.05, 4.69) is 4.98 Å². The van der Waals surface area contributed by atoms with Gasteiger partial charge in [0.05, 0.1) is 5.69 Å². The van der Waals surface area contributed by atoms with Gasteiger partial charge in [-0.25, -0.2) is 4.98 Å². The van der Waals surface area contributed by atoms with E-state index < -0.39 is 0 Å². The zero-order valence-electron chi connectivity index (χ0n) is 12.1. The monoisotopic (exact) mass is 340 g/mol. The Kier molecular flexibility index (Phi) is 4.86. The molecule has 3 rings (SSSR count). The first kappa shape index (κ1) is 15.5. The second-order valence-electron chi connectivity index (χ2n) is 4.71. The van der Waals surface area contributed by atoms with Gasteiger partial charge >= 0.3 is 0 Å². The summed E-state index contributed by atoms with van der Waals surface area (Å²) >= 11 is 7.34. The summed E-state index contributed by atoms with van der Waals surface area (Å²) in [6, 6.07) is 16.8. The molecule has 0 aliphatic rings. The molecule has 1 heterocycles. The lowest BCUT2D eigenvalue weighted by atomic mass is 10.2. The van der Waals surface area contributed by atoms with Crippen LogP contribution in [0, 0.1) is 0 Å². The molecule has 114 valence electrons. The molecule has 5 heteroatoms. The molecule has 0 aliphatic carbocycles. The molecule has 0 atom stereocenters. The van der Waals surface area contributed by atoms with Gasteiger partial charge in [-0.05, 0) is 35.9 Å². The van der Waals surface area contributed by atoms with Crippen LogP contribution in [0.1, 0.15) is 5.56 Å². The van der Waals surface area contributed by atoms with E-state index in [1.807, 2.05) is 35.7 Å². The molecule has 0 N–H and O–H groups in total. The molecule has 0 saturated carbocycles. The summed E-state index contributed by atoms with van der Waals surface area (Å²) in [5, 5.41) is 3.09. The fraction of sp³-hybridized carbons (Fsp3) is 0. The van der Waals surface area contributed by atoms with Crippen LogP contribution in [0.3, 0.4) is 0 Å². The van der Waals surface area contributed by atoms with Crippen molar-refractivity contribution >= 4 is 45.7 Å². The maximum atomic E-state index is 12.7. The summed E-state index contributed by atoms with van der Waals surface area (Å²) in [5.74, 6) is -0.161. The Hall–Kier alpha value is -2.43. The smallest absolute Gasteiger partial charge is 0.257 e. The average Bonchev–Trinajstić information content (AvgIpc) is 3.10. The van der Waals surface area contributed by atoms with Gasteiger partial charge in [-0.3, -0.25) is 9.69 Å². The van der Waals surface area contributed by atoms with Crippen molar-refractivity contribution in [3.05, 3.63) is 82.8 Å². The van der Waals surface area contributed by atoms with E-state index in [4.69, 9.17) is 11.6 Å². The number of nitrogens with zero attached hydrogens (tertiary/aromatic N) is 2. The minimum atomic E-state index is -0.161. The van der Waals surface area contributed by atoms with Gasteiger partial charge < -0.3 is 0 Å². The quantitative estimate of drug-likeness (QED) is 0.613. The Bertz CT molecular complexity index is 799. The van der Waals surface area contributed by atoms with Crippen molar-refractivity contribution in [2.75, 3.05) is 4.90 Å². The lowest BCUT2D eigenvalue weighted by molar-refractivity contribution is -0.113. The summed E-state index contributed by atoms with van der Waals surface area (Å²) in [7, 11) is 0. The van der Waals surface area contributed by atoms with Gasteiger partial charge in [-0.1, -0.05) is 41.9 Å². The van der Waals surface area contributed by atoms with Crippen molar-refractivity contribution in [2.24, 2.45) is 0 Å². The van der Waals surface area contributed by atoms with Gasteiger partial charge in [0, 0.05) is 22.7 Å². The van der Waals surface area contributed by atoms with E-state index >= 15 is 0 Å². The molecule has 3 nitrogen and oxygen atoms in total. The summed E-state index contributed by atoms with van der Waals surface area (Å²) in [5.41, 5.74) is 1.70. The van der Waals surface area contributed by atoms with Crippen LogP contribution in [0.4, 0.5) is 10.8 Å². The van der Waals surface area contributed by atoms with Gasteiger partial charge in [0.2, 0.25) is 0 Å². The number of carbonyl (C=O) groups excluding carboxylic acids is 1. The van der Waals surface area contributed by atoms with Crippen molar-refractivity contribution in [1.82, 2.24) is 4.98 Å². The van der Waals surface area contributed by atoms with Crippen molar-refractivity contribution in [3.63, 3.8) is 0 Å². The van der Waals surface area contributed by atoms with E-state index in [9.17, 15) is 4.79 Å². The Labute approximate surface area is 143 Å². The van der Waals surface area contributed by atoms with Crippen LogP contribution in [0.25, 0.3) is 6.08 Å². The largest absolute Gasteiger partial charge is 0.269 e. The number of rotatable bonds is 4. The Morgan fingerprint density at radius 3 is 2.48 bits per heavy atom. The predicted octanol–water partition coefficient (Wildman–Crippen LogP) is 5.17. The molecule has 23 heavy (non-hydrogen) atoms. The van der Waals surface area contributed by atoms with E-state index in [0.29, 0.717) is 10.2 Å². The minimum Gasteiger partial charge on any atom is -0.269 e. The molecular weight excluding hydrogens is 328 g/mol. The number of anilines is 2. The molecule has 0 bridgehead atoms. The van der Waals surface area contributed by atoms with Gasteiger partial charge in [0.15, 0.2) is 5.13 Å². The summed E-state index contributed by atoms with van der Waals surface area (Å²) in [6.45, 7) is 0. The molecule has 0 fully saturated rings. The van der Waals surface area contributed by atoms with E-state index in [0.717, 1.165) is 11.3 Å². The van der Waals surface area contributed by atoms with Crippen LogP contribution in [-0.2, 0) is 4.79 Å². The van der Waals surface area contributed by atoms with Crippen molar-refractivity contribution in [3.8, 4) is 0 Å². The zero-order valence-corrected chi connectivity index (χ0v) is 13.7. The van der Waals surface area contributed by atoms with Crippen LogP contribution >= 0.6 is 22.9 Å². The van der Waals surface area contributed by atoms with Crippen LogP contribution in [0.5, 0.6) is 0 Å². The van der Waals surface area contributed by atoms with E-state index in [-0.39, 0.29) is 5.91 Å². The SMILES string of the molecule is O=C(C=Cc1ccccc1)N(c1ccc(Cl)cc1)c1nccs1. The molecule has 0 saturated heterocycles. The summed E-state index contributed by atoms with van der Waals surface area (Å²) < 4.78 is 0. The Morgan fingerprint density at radius 1 is 1.09 bits per heavy atom. The Morgan fingerprint density at radius 2 is 1.83 bits per heavy atom. The highest BCUT2D eigenvalue weighted by molar-refractivity contribution is 7.13. The number of benzene rings is 2. The number of thiazole rings is 1. The number of hydrogen-bond acceptors (Lipinski definition) is 3. The second kappa shape index (κ2) is 7.22. The van der Waals surface area contributed by atoms with E-state index in [1.165, 1.54) is 11.3 Å². The molecule has 1 amide bonds. The summed E-state index contributed by atoms with van der Waals surface area (Å²) in [6.07, 6.45) is 5.02. The normalized spacial score (nSPS) is 10.8. The average molecular weight is 341 g/mol. The van der Waals surface area contributed by atoms with Crippen LogP contribution in [0.2, 0.25) is 5.02 Å². The van der Waals surface area contributed by atoms with Crippen LogP contribution in [-0.4, -0.2) is 10.9 Å². The zero-order chi connectivity index (χ0) is 16.1. The fourth-order valence-corrected chi connectivity index (χ4v) is 2.85. The third-order valence-corrected chi connectivity index (χ3v) is 4.14. The minimum absolute atomic E-state index is 0.161. The first-order chi connectivity index (χ1) is 11.2. The second-order valence-corrected chi connectivity index (χ2v) is 6.02. The molecule has 0 radical (unpaired) electrons. The first-order valence-electron chi connectivity index (χ1n) is 6.96. The van der Waals surface area contributed by atoms with Crippen molar-refractivity contribution in [1.29, 1.82) is 0 Å². The molecule has 1 aromatic heterocycles. The third kappa shape index (κ3) is 3.86. The number of amides is 1. The standard InChI is InChI=1S/C18H13ClN2OS/c19-15-7-9-16(10-8-15)21(18-20-12-13-23-18)17(22)11-6-14-4-2-1-3-5-14/h1-13H. The molecule has 0 aliphatic heterocycles. The highest BCUT2D eigenvalue weighted by Gasteiger charge is 2.17. The van der Waals surface area contributed by atoms with Crippen molar-refractivity contribution in [2.45, 2.75) is 0 Å². The van der Waals surface area contributed by atoms with Crippen molar-refractivity contribution < 1.29 is 4.79 Å². The van der Waals surface area contributed by atoms with E-state index in [1.54, 1.807) is 47.5 Å². The molecule has 0 unspecified atom stereocenters. The highest BCUT2D eigenvalue weighted by Crippen LogP contribution is 2.28. The summed E-state index contributed by atoms with van der Waals surface area (Å²) in [4.78, 5) is 18.5. The topological polar surface area (TPSA) is 33.2 Å². The van der Waals surface area contributed by atoms with Gasteiger partial charge in [-0.15, -0.1) is 11.3 Å². The molecule has 3 aromatic rings. The van der Waals surface area contributed by atoms with Gasteiger partial charge in [0.25, 0.3) is 5.91 Å². The number of aromatic nitrogens is 1.